The number of fused-ring (bicyclic) bond motifs is 1. The molecule has 5 nitrogen and oxygen atoms in total. The monoisotopic (exact) mass is 355 g/mol. The molecule has 3 rings (SSSR count). The van der Waals surface area contributed by atoms with Crippen LogP contribution in [0.2, 0.25) is 5.02 Å². The van der Waals surface area contributed by atoms with Crippen molar-refractivity contribution in [1.29, 1.82) is 0 Å². The van der Waals surface area contributed by atoms with Crippen LogP contribution in [0.1, 0.15) is 28.5 Å². The van der Waals surface area contributed by atoms with Gasteiger partial charge < -0.3 is 9.88 Å². The first-order chi connectivity index (χ1) is 11.9. The van der Waals surface area contributed by atoms with Crippen molar-refractivity contribution in [2.75, 3.05) is 5.32 Å². The predicted molar refractivity (Wildman–Crippen MR) is 101 cm³/mol. The van der Waals surface area contributed by atoms with Crippen molar-refractivity contribution >= 4 is 34.2 Å². The molecule has 0 aliphatic heterocycles. The number of carbonyl (C=O) groups excluding carboxylic acids is 1. The molecule has 0 spiro atoms. The van der Waals surface area contributed by atoms with Gasteiger partial charge in [-0.25, -0.2) is 4.98 Å². The van der Waals surface area contributed by atoms with Crippen molar-refractivity contribution < 1.29 is 4.79 Å². The zero-order valence-corrected chi connectivity index (χ0v) is 15.0. The molecule has 1 N–H and O–H groups in total. The number of pyridine rings is 2. The van der Waals surface area contributed by atoms with Crippen molar-refractivity contribution in [3.8, 4) is 0 Å². The van der Waals surface area contributed by atoms with E-state index in [-0.39, 0.29) is 11.0 Å². The molecule has 0 saturated heterocycles. The summed E-state index contributed by atoms with van der Waals surface area (Å²) in [4.78, 5) is 29.7. The molecule has 128 valence electrons. The largest absolute Gasteiger partial charge is 0.346 e. The topological polar surface area (TPSA) is 64.0 Å². The second kappa shape index (κ2) is 6.69. The van der Waals surface area contributed by atoms with Gasteiger partial charge in [0.15, 0.2) is 0 Å². The molecular weight excluding hydrogens is 338 g/mol. The zero-order valence-electron chi connectivity index (χ0n) is 14.3. The maximum atomic E-state index is 12.8. The molecule has 3 aromatic rings. The van der Waals surface area contributed by atoms with E-state index >= 15 is 0 Å². The number of anilines is 1. The second-order valence-corrected chi connectivity index (χ2v) is 6.25. The van der Waals surface area contributed by atoms with E-state index in [1.54, 1.807) is 30.5 Å². The van der Waals surface area contributed by atoms with Crippen LogP contribution in [0.5, 0.6) is 0 Å². The summed E-state index contributed by atoms with van der Waals surface area (Å²) >= 11 is 6.19. The van der Waals surface area contributed by atoms with Crippen LogP contribution >= 0.6 is 11.6 Å². The molecule has 25 heavy (non-hydrogen) atoms. The molecule has 6 heteroatoms. The summed E-state index contributed by atoms with van der Waals surface area (Å²) in [6.07, 6.45) is 1.58. The number of aromatic nitrogens is 2. The molecule has 1 amide bonds. The van der Waals surface area contributed by atoms with Gasteiger partial charge in [-0.2, -0.15) is 0 Å². The van der Waals surface area contributed by atoms with Gasteiger partial charge in [0.1, 0.15) is 11.4 Å². The summed E-state index contributed by atoms with van der Waals surface area (Å²) in [5, 5.41) is 3.77. The number of nitrogens with zero attached hydrogens (tertiary/aromatic N) is 2. The Kier molecular flexibility index (Phi) is 4.59. The summed E-state index contributed by atoms with van der Waals surface area (Å²) in [5.74, 6) is -0.0559. The summed E-state index contributed by atoms with van der Waals surface area (Å²) in [7, 11) is 0. The van der Waals surface area contributed by atoms with Gasteiger partial charge in [0.05, 0.1) is 5.52 Å². The number of carbonyl (C=O) groups is 1. The first kappa shape index (κ1) is 17.2. The quantitative estimate of drug-likeness (QED) is 0.774. The summed E-state index contributed by atoms with van der Waals surface area (Å²) in [6, 6.07) is 8.68. The Morgan fingerprint density at radius 2 is 2.00 bits per heavy atom. The summed E-state index contributed by atoms with van der Waals surface area (Å²) in [5.41, 5.74) is 2.13. The summed E-state index contributed by atoms with van der Waals surface area (Å²) in [6.45, 7) is 6.27. The molecule has 0 unspecified atom stereocenters. The molecule has 0 saturated carbocycles. The van der Waals surface area contributed by atoms with Gasteiger partial charge in [-0.3, -0.25) is 9.59 Å². The van der Waals surface area contributed by atoms with E-state index in [2.05, 4.69) is 10.3 Å². The average molecular weight is 356 g/mol. The van der Waals surface area contributed by atoms with Crippen LogP contribution in [-0.4, -0.2) is 15.5 Å². The Labute approximate surface area is 150 Å². The highest BCUT2D eigenvalue weighted by Gasteiger charge is 2.17. The van der Waals surface area contributed by atoms with Crippen molar-refractivity contribution in [3.05, 3.63) is 68.6 Å². The van der Waals surface area contributed by atoms with Gasteiger partial charge >= 0.3 is 0 Å². The number of amides is 1. The molecule has 2 heterocycles. The number of nitrogens with one attached hydrogen (secondary N) is 1. The number of halogens is 1. The van der Waals surface area contributed by atoms with E-state index in [1.807, 2.05) is 31.4 Å². The van der Waals surface area contributed by atoms with Crippen LogP contribution in [0, 0.1) is 13.8 Å². The van der Waals surface area contributed by atoms with Crippen LogP contribution < -0.4 is 10.7 Å². The van der Waals surface area contributed by atoms with Crippen LogP contribution in [0.3, 0.4) is 0 Å². The molecular formula is C19H18ClN3O2. The maximum Gasteiger partial charge on any atom is 0.262 e. The number of aryl methyl sites for hydroxylation is 3. The van der Waals surface area contributed by atoms with E-state index in [0.717, 1.165) is 16.8 Å². The highest BCUT2D eigenvalue weighted by molar-refractivity contribution is 6.32. The minimum atomic E-state index is -0.472. The molecule has 1 aromatic carbocycles. The van der Waals surface area contributed by atoms with Crippen LogP contribution in [-0.2, 0) is 6.54 Å². The van der Waals surface area contributed by atoms with Gasteiger partial charge in [0.25, 0.3) is 5.91 Å². The van der Waals surface area contributed by atoms with E-state index in [0.29, 0.717) is 22.8 Å². The Hall–Kier alpha value is -2.66. The van der Waals surface area contributed by atoms with E-state index in [4.69, 9.17) is 11.6 Å². The Bertz CT molecular complexity index is 1040. The smallest absolute Gasteiger partial charge is 0.262 e. The molecule has 0 atom stereocenters. The number of rotatable bonds is 3. The first-order valence-electron chi connectivity index (χ1n) is 7.99. The standard InChI is InChI=1S/C19H18ClN3O2/c1-4-23-10-14(19(25)22-16-7-5-6-11(2)21-16)18(24)13-8-9-15(20)12(3)17(13)23/h5-10H,4H2,1-3H3,(H,21,22,25). The predicted octanol–water partition coefficient (Wildman–Crippen LogP) is 3.94. The third kappa shape index (κ3) is 3.15. The number of benzene rings is 1. The SMILES string of the molecule is CCn1cc(C(=O)Nc2cccc(C)n2)c(=O)c2ccc(Cl)c(C)c21. The first-order valence-corrected chi connectivity index (χ1v) is 8.37. The Morgan fingerprint density at radius 1 is 1.24 bits per heavy atom. The normalized spacial score (nSPS) is 10.9. The van der Waals surface area contributed by atoms with Gasteiger partial charge in [-0.15, -0.1) is 0 Å². The van der Waals surface area contributed by atoms with Gasteiger partial charge in [0, 0.05) is 28.8 Å². The van der Waals surface area contributed by atoms with Crippen molar-refractivity contribution in [3.63, 3.8) is 0 Å². The lowest BCUT2D eigenvalue weighted by Crippen LogP contribution is -2.24. The van der Waals surface area contributed by atoms with Crippen LogP contribution in [0.15, 0.2) is 41.3 Å². The fourth-order valence-electron chi connectivity index (χ4n) is 2.86. The third-order valence-corrected chi connectivity index (χ3v) is 4.55. The highest BCUT2D eigenvalue weighted by atomic mass is 35.5. The van der Waals surface area contributed by atoms with Gasteiger partial charge in [-0.05, 0) is 50.6 Å². The van der Waals surface area contributed by atoms with E-state index < -0.39 is 5.91 Å². The number of hydrogen-bond donors (Lipinski definition) is 1. The van der Waals surface area contributed by atoms with E-state index in [9.17, 15) is 9.59 Å². The lowest BCUT2D eigenvalue weighted by molar-refractivity contribution is 0.102. The third-order valence-electron chi connectivity index (χ3n) is 4.14. The minimum absolute atomic E-state index is 0.0828. The van der Waals surface area contributed by atoms with Crippen molar-refractivity contribution in [2.24, 2.45) is 0 Å². The lowest BCUT2D eigenvalue weighted by Gasteiger charge is -2.14. The second-order valence-electron chi connectivity index (χ2n) is 5.84. The average Bonchev–Trinajstić information content (AvgIpc) is 2.58. The molecule has 0 aliphatic carbocycles. The molecule has 0 fully saturated rings. The number of hydrogen-bond acceptors (Lipinski definition) is 3. The van der Waals surface area contributed by atoms with Gasteiger partial charge in [0.2, 0.25) is 5.43 Å². The molecule has 2 aromatic heterocycles. The Balaban J connectivity index is 2.14. The molecule has 0 bridgehead atoms. The minimum Gasteiger partial charge on any atom is -0.346 e. The molecule has 0 radical (unpaired) electrons. The highest BCUT2D eigenvalue weighted by Crippen LogP contribution is 2.24. The fourth-order valence-corrected chi connectivity index (χ4v) is 3.01. The zero-order chi connectivity index (χ0) is 18.1. The maximum absolute atomic E-state index is 12.8. The molecule has 0 aliphatic rings. The van der Waals surface area contributed by atoms with Crippen LogP contribution in [0.25, 0.3) is 10.9 Å². The van der Waals surface area contributed by atoms with E-state index in [1.165, 1.54) is 0 Å². The van der Waals surface area contributed by atoms with Gasteiger partial charge in [-0.1, -0.05) is 17.7 Å². The lowest BCUT2D eigenvalue weighted by atomic mass is 10.1. The fraction of sp³-hybridized carbons (Fsp3) is 0.211. The van der Waals surface area contributed by atoms with Crippen LogP contribution in [0.4, 0.5) is 5.82 Å². The van der Waals surface area contributed by atoms with Crippen molar-refractivity contribution in [1.82, 2.24) is 9.55 Å². The van der Waals surface area contributed by atoms with Crippen molar-refractivity contribution in [2.45, 2.75) is 27.3 Å². The Morgan fingerprint density at radius 3 is 2.68 bits per heavy atom. The summed E-state index contributed by atoms with van der Waals surface area (Å²) < 4.78 is 1.87.